The van der Waals surface area contributed by atoms with E-state index in [4.69, 9.17) is 9.47 Å². The molecule has 1 rings (SSSR count). The number of aliphatic hydroxyl groups excluding tert-OH is 1. The Kier molecular flexibility index (Phi) is 19.7. The predicted molar refractivity (Wildman–Crippen MR) is 161 cm³/mol. The van der Waals surface area contributed by atoms with Crippen molar-refractivity contribution in [1.82, 2.24) is 0 Å². The Morgan fingerprint density at radius 1 is 0.872 bits per heavy atom. The van der Waals surface area contributed by atoms with E-state index < -0.39 is 6.10 Å². The summed E-state index contributed by atoms with van der Waals surface area (Å²) in [5.41, 5.74) is 0.543. The molecule has 0 saturated heterocycles. The molecule has 224 valence electrons. The van der Waals surface area contributed by atoms with E-state index in [0.29, 0.717) is 24.8 Å². The van der Waals surface area contributed by atoms with Crippen molar-refractivity contribution >= 4 is 11.9 Å². The van der Waals surface area contributed by atoms with E-state index in [2.05, 4.69) is 44.7 Å². The van der Waals surface area contributed by atoms with Gasteiger partial charge in [0.15, 0.2) is 0 Å². The predicted octanol–water partition coefficient (Wildman–Crippen LogP) is 8.80. The lowest BCUT2D eigenvalue weighted by Crippen LogP contribution is -2.25. The van der Waals surface area contributed by atoms with Crippen molar-refractivity contribution < 1.29 is 24.2 Å². The third-order valence-corrected chi connectivity index (χ3v) is 7.55. The van der Waals surface area contributed by atoms with Gasteiger partial charge in [0.2, 0.25) is 0 Å². The summed E-state index contributed by atoms with van der Waals surface area (Å²) in [5, 5.41) is 10.9. The Balaban J connectivity index is 2.65. The lowest BCUT2D eigenvalue weighted by Gasteiger charge is -2.22. The number of hydrogen-bond acceptors (Lipinski definition) is 5. The monoisotopic (exact) mass is 546 g/mol. The van der Waals surface area contributed by atoms with Gasteiger partial charge in [-0.15, -0.1) is 0 Å². The molecule has 1 aliphatic rings. The zero-order valence-electron chi connectivity index (χ0n) is 25.5. The molecule has 0 radical (unpaired) electrons. The van der Waals surface area contributed by atoms with Crippen LogP contribution in [0.15, 0.2) is 36.5 Å². The average Bonchev–Trinajstić information content (AvgIpc) is 3.18. The summed E-state index contributed by atoms with van der Waals surface area (Å²) in [6.07, 6.45) is 24.3. The zero-order valence-corrected chi connectivity index (χ0v) is 25.5. The molecule has 1 saturated carbocycles. The second-order valence-corrected chi connectivity index (χ2v) is 11.5. The molecule has 0 heterocycles. The fourth-order valence-corrected chi connectivity index (χ4v) is 5.25. The van der Waals surface area contributed by atoms with Gasteiger partial charge in [-0.2, -0.15) is 0 Å². The fourth-order valence-electron chi connectivity index (χ4n) is 5.25. The molecule has 0 spiro atoms. The van der Waals surface area contributed by atoms with Gasteiger partial charge in [-0.1, -0.05) is 96.1 Å². The molecule has 0 amide bonds. The highest BCUT2D eigenvalue weighted by Crippen LogP contribution is 2.38. The lowest BCUT2D eigenvalue weighted by atomic mass is 9.89. The minimum absolute atomic E-state index is 0.00341. The van der Waals surface area contributed by atoms with Crippen LogP contribution < -0.4 is 0 Å². The highest BCUT2D eigenvalue weighted by Gasteiger charge is 2.42. The van der Waals surface area contributed by atoms with Crippen LogP contribution in [-0.4, -0.2) is 35.4 Å². The fraction of sp³-hybridized carbons (Fsp3) is 0.765. The van der Waals surface area contributed by atoms with Gasteiger partial charge in [0.25, 0.3) is 0 Å². The van der Waals surface area contributed by atoms with Crippen LogP contribution in [0.2, 0.25) is 0 Å². The van der Waals surface area contributed by atoms with Gasteiger partial charge >= 0.3 is 11.9 Å². The maximum absolute atomic E-state index is 12.8. The van der Waals surface area contributed by atoms with Crippen LogP contribution in [0.1, 0.15) is 137 Å². The molecule has 1 fully saturated rings. The summed E-state index contributed by atoms with van der Waals surface area (Å²) in [5.74, 6) is -0.477. The maximum atomic E-state index is 12.8. The molecule has 0 aromatic rings. The maximum Gasteiger partial charge on any atom is 0.333 e. The average molecular weight is 547 g/mol. The number of allylic oxidation sites excluding steroid dienone is 3. The van der Waals surface area contributed by atoms with Crippen LogP contribution in [0.3, 0.4) is 0 Å². The van der Waals surface area contributed by atoms with E-state index >= 15 is 0 Å². The first kappa shape index (κ1) is 35.1. The van der Waals surface area contributed by atoms with Gasteiger partial charge in [0.1, 0.15) is 6.10 Å². The number of carbonyl (C=O) groups is 2. The molecule has 5 heteroatoms. The molecular weight excluding hydrogens is 488 g/mol. The third-order valence-electron chi connectivity index (χ3n) is 7.55. The molecular formula is C34H58O5. The van der Waals surface area contributed by atoms with Crippen molar-refractivity contribution in [2.45, 2.75) is 155 Å². The first-order valence-corrected chi connectivity index (χ1v) is 15.9. The molecule has 0 unspecified atom stereocenters. The van der Waals surface area contributed by atoms with E-state index in [9.17, 15) is 14.7 Å². The SMILES string of the molecule is C=C(CCCCCCCC)C(=O)O[C@@H]1C[C@H](O)[C@H](C/C=C\CCCC(=O)OC(C)C)[C@H]1/C=C/CCCCCC. The summed E-state index contributed by atoms with van der Waals surface area (Å²) < 4.78 is 11.1. The van der Waals surface area contributed by atoms with Crippen molar-refractivity contribution in [3.63, 3.8) is 0 Å². The molecule has 1 N–H and O–H groups in total. The standard InChI is InChI=1S/C34H58O5/c1-6-8-10-12-14-18-22-28(5)34(37)39-32-26-31(35)29(30(32)24-20-15-13-11-9-7-2)23-19-16-17-21-25-33(36)38-27(3)4/h16,19-20,24,27,29-32,35H,5-15,17-18,21-23,25-26H2,1-4H3/b19-16-,24-20+/t29-,30-,31+,32-/m1/s1. The smallest absolute Gasteiger partial charge is 0.333 e. The minimum atomic E-state index is -0.518. The third kappa shape index (κ3) is 16.1. The van der Waals surface area contributed by atoms with Gasteiger partial charge in [-0.25, -0.2) is 4.79 Å². The number of hydrogen-bond donors (Lipinski definition) is 1. The van der Waals surface area contributed by atoms with Gasteiger partial charge < -0.3 is 14.6 Å². The largest absolute Gasteiger partial charge is 0.463 e. The summed E-state index contributed by atoms with van der Waals surface area (Å²) in [4.78, 5) is 24.6. The Bertz CT molecular complexity index is 738. The molecule has 39 heavy (non-hydrogen) atoms. The summed E-state index contributed by atoms with van der Waals surface area (Å²) in [6.45, 7) is 12.1. The molecule has 0 aromatic carbocycles. The second-order valence-electron chi connectivity index (χ2n) is 11.5. The van der Waals surface area contributed by atoms with E-state index in [1.54, 1.807) is 0 Å². The zero-order chi connectivity index (χ0) is 28.9. The Morgan fingerprint density at radius 2 is 1.51 bits per heavy atom. The molecule has 0 aromatic heterocycles. The molecule has 1 aliphatic carbocycles. The normalized spacial score (nSPS) is 21.3. The minimum Gasteiger partial charge on any atom is -0.463 e. The van der Waals surface area contributed by atoms with Crippen LogP contribution in [0, 0.1) is 11.8 Å². The van der Waals surface area contributed by atoms with Gasteiger partial charge in [0, 0.05) is 24.3 Å². The summed E-state index contributed by atoms with van der Waals surface area (Å²) >= 11 is 0. The Labute approximate surface area is 239 Å². The highest BCUT2D eigenvalue weighted by molar-refractivity contribution is 5.87. The Hall–Kier alpha value is -1.88. The van der Waals surface area contributed by atoms with E-state index in [-0.39, 0.29) is 36.0 Å². The summed E-state index contributed by atoms with van der Waals surface area (Å²) in [7, 11) is 0. The van der Waals surface area contributed by atoms with E-state index in [0.717, 1.165) is 44.9 Å². The number of ether oxygens (including phenoxy) is 2. The topological polar surface area (TPSA) is 72.8 Å². The molecule has 0 aliphatic heterocycles. The molecule has 5 nitrogen and oxygen atoms in total. The summed E-state index contributed by atoms with van der Waals surface area (Å²) in [6, 6.07) is 0. The van der Waals surface area contributed by atoms with Crippen molar-refractivity contribution in [1.29, 1.82) is 0 Å². The van der Waals surface area contributed by atoms with Crippen LogP contribution >= 0.6 is 0 Å². The first-order valence-electron chi connectivity index (χ1n) is 15.9. The molecule has 0 bridgehead atoms. The van der Waals surface area contributed by atoms with Gasteiger partial charge in [0.05, 0.1) is 12.2 Å². The quantitative estimate of drug-likeness (QED) is 0.0636. The lowest BCUT2D eigenvalue weighted by molar-refractivity contribution is -0.147. The first-order chi connectivity index (χ1) is 18.8. The number of rotatable bonds is 22. The van der Waals surface area contributed by atoms with E-state index in [1.807, 2.05) is 13.8 Å². The van der Waals surface area contributed by atoms with E-state index in [1.165, 1.54) is 44.9 Å². The van der Waals surface area contributed by atoms with Crippen LogP contribution in [-0.2, 0) is 19.1 Å². The second kappa shape index (κ2) is 21.9. The van der Waals surface area contributed by atoms with Crippen molar-refractivity contribution in [2.75, 3.05) is 0 Å². The Morgan fingerprint density at radius 3 is 2.21 bits per heavy atom. The van der Waals surface area contributed by atoms with Crippen LogP contribution in [0.25, 0.3) is 0 Å². The number of unbranched alkanes of at least 4 members (excludes halogenated alkanes) is 10. The van der Waals surface area contributed by atoms with Crippen LogP contribution in [0.4, 0.5) is 0 Å². The van der Waals surface area contributed by atoms with Gasteiger partial charge in [-0.05, 0) is 64.7 Å². The number of esters is 2. The van der Waals surface area contributed by atoms with Crippen molar-refractivity contribution in [3.8, 4) is 0 Å². The van der Waals surface area contributed by atoms with Crippen LogP contribution in [0.5, 0.6) is 0 Å². The number of aliphatic hydroxyl groups is 1. The van der Waals surface area contributed by atoms with Gasteiger partial charge in [-0.3, -0.25) is 4.79 Å². The highest BCUT2D eigenvalue weighted by atomic mass is 16.5. The van der Waals surface area contributed by atoms with Crippen molar-refractivity contribution in [3.05, 3.63) is 36.5 Å². The number of carbonyl (C=O) groups excluding carboxylic acids is 2. The molecule has 4 atom stereocenters. The van der Waals surface area contributed by atoms with Crippen molar-refractivity contribution in [2.24, 2.45) is 11.8 Å².